The topological polar surface area (TPSA) is 66.5 Å². The summed E-state index contributed by atoms with van der Waals surface area (Å²) in [7, 11) is -3.69. The molecule has 0 saturated heterocycles. The number of rotatable bonds is 7. The monoisotopic (exact) mass is 416 g/mol. The molecule has 1 aliphatic carbocycles. The molecule has 0 spiro atoms. The van der Waals surface area contributed by atoms with Gasteiger partial charge in [0.1, 0.15) is 0 Å². The summed E-state index contributed by atoms with van der Waals surface area (Å²) in [6, 6.07) is 6.49. The van der Waals surface area contributed by atoms with Crippen LogP contribution in [0.15, 0.2) is 33.6 Å². The first-order valence-electron chi connectivity index (χ1n) is 8.49. The Kier molecular flexibility index (Phi) is 7.25. The molecule has 1 aromatic rings. The van der Waals surface area contributed by atoms with E-state index in [0.29, 0.717) is 6.54 Å². The average molecular weight is 417 g/mol. The summed E-state index contributed by atoms with van der Waals surface area (Å²) in [6.07, 6.45) is 5.61. The van der Waals surface area contributed by atoms with Crippen molar-refractivity contribution in [2.24, 2.45) is 0 Å². The van der Waals surface area contributed by atoms with Crippen molar-refractivity contribution in [1.82, 2.24) is 9.62 Å². The van der Waals surface area contributed by atoms with E-state index in [4.69, 9.17) is 0 Å². The molecule has 1 aromatic carbocycles. The van der Waals surface area contributed by atoms with Crippen molar-refractivity contribution in [3.63, 3.8) is 0 Å². The van der Waals surface area contributed by atoms with E-state index in [9.17, 15) is 13.2 Å². The van der Waals surface area contributed by atoms with Gasteiger partial charge in [-0.1, -0.05) is 42.1 Å². The third-order valence-corrected chi connectivity index (χ3v) is 6.72. The Labute approximate surface area is 153 Å². The number of hydrogen-bond acceptors (Lipinski definition) is 3. The lowest BCUT2D eigenvalue weighted by Gasteiger charge is -2.33. The number of hydrogen-bond donors (Lipinski definition) is 1. The number of carbonyl (C=O) groups is 1. The van der Waals surface area contributed by atoms with Gasteiger partial charge in [0.05, 0.1) is 11.4 Å². The molecule has 1 aliphatic rings. The van der Waals surface area contributed by atoms with Crippen LogP contribution in [0.25, 0.3) is 0 Å². The van der Waals surface area contributed by atoms with Crippen LogP contribution in [0.2, 0.25) is 0 Å². The first-order valence-corrected chi connectivity index (χ1v) is 10.7. The lowest BCUT2D eigenvalue weighted by molar-refractivity contribution is -0.121. The van der Waals surface area contributed by atoms with Crippen LogP contribution in [-0.4, -0.2) is 37.8 Å². The van der Waals surface area contributed by atoms with Gasteiger partial charge in [-0.2, -0.15) is 4.31 Å². The Bertz CT molecular complexity index is 640. The Morgan fingerprint density at radius 3 is 2.42 bits per heavy atom. The second-order valence-electron chi connectivity index (χ2n) is 6.15. The zero-order valence-electron chi connectivity index (χ0n) is 14.0. The molecular formula is C17H25BrN2O3S. The summed E-state index contributed by atoms with van der Waals surface area (Å²) in [6.45, 7) is 2.43. The second kappa shape index (κ2) is 8.97. The van der Waals surface area contributed by atoms with E-state index in [1.807, 2.05) is 6.92 Å². The van der Waals surface area contributed by atoms with Gasteiger partial charge in [-0.25, -0.2) is 8.42 Å². The molecule has 1 N–H and O–H groups in total. The van der Waals surface area contributed by atoms with E-state index < -0.39 is 10.0 Å². The number of nitrogens with one attached hydrogen (secondary N) is 1. The molecule has 0 unspecified atom stereocenters. The smallest absolute Gasteiger partial charge is 0.243 e. The second-order valence-corrected chi connectivity index (χ2v) is 8.95. The molecule has 7 heteroatoms. The highest BCUT2D eigenvalue weighted by molar-refractivity contribution is 9.10. The quantitative estimate of drug-likeness (QED) is 0.741. The molecule has 0 bridgehead atoms. The number of sulfonamides is 1. The van der Waals surface area contributed by atoms with E-state index in [0.717, 1.165) is 43.0 Å². The SMILES string of the molecule is CCCNC(=O)CN(C1CCCCC1)S(=O)(=O)c1ccc(Br)cc1. The van der Waals surface area contributed by atoms with Crippen molar-refractivity contribution in [2.75, 3.05) is 13.1 Å². The largest absolute Gasteiger partial charge is 0.355 e. The van der Waals surface area contributed by atoms with Crippen molar-refractivity contribution in [1.29, 1.82) is 0 Å². The number of carbonyl (C=O) groups excluding carboxylic acids is 1. The summed E-state index contributed by atoms with van der Waals surface area (Å²) < 4.78 is 28.4. The van der Waals surface area contributed by atoms with Crippen LogP contribution < -0.4 is 5.32 Å². The van der Waals surface area contributed by atoms with Gasteiger partial charge in [-0.05, 0) is 43.5 Å². The molecule has 0 aliphatic heterocycles. The zero-order valence-corrected chi connectivity index (χ0v) is 16.4. The fraction of sp³-hybridized carbons (Fsp3) is 0.588. The van der Waals surface area contributed by atoms with E-state index in [2.05, 4.69) is 21.2 Å². The Balaban J connectivity index is 2.25. The summed E-state index contributed by atoms with van der Waals surface area (Å²) >= 11 is 3.32. The lowest BCUT2D eigenvalue weighted by atomic mass is 9.95. The highest BCUT2D eigenvalue weighted by Crippen LogP contribution is 2.28. The maximum Gasteiger partial charge on any atom is 0.243 e. The highest BCUT2D eigenvalue weighted by Gasteiger charge is 2.33. The van der Waals surface area contributed by atoms with Crippen molar-refractivity contribution >= 4 is 31.9 Å². The molecule has 0 heterocycles. The van der Waals surface area contributed by atoms with Gasteiger partial charge >= 0.3 is 0 Å². The minimum atomic E-state index is -3.69. The van der Waals surface area contributed by atoms with Crippen LogP contribution in [0, 0.1) is 0 Å². The minimum Gasteiger partial charge on any atom is -0.355 e. The third-order valence-electron chi connectivity index (χ3n) is 4.27. The number of halogens is 1. The zero-order chi connectivity index (χ0) is 17.6. The predicted molar refractivity (Wildman–Crippen MR) is 98.2 cm³/mol. The summed E-state index contributed by atoms with van der Waals surface area (Å²) in [5.74, 6) is -0.233. The van der Waals surface area contributed by atoms with E-state index >= 15 is 0 Å². The molecule has 1 saturated carbocycles. The van der Waals surface area contributed by atoms with Crippen LogP contribution >= 0.6 is 15.9 Å². The van der Waals surface area contributed by atoms with E-state index in [1.165, 1.54) is 4.31 Å². The standard InChI is InChI=1S/C17H25BrN2O3S/c1-2-12-19-17(21)13-20(15-6-4-3-5-7-15)24(22,23)16-10-8-14(18)9-11-16/h8-11,15H,2-7,12-13H2,1H3,(H,19,21). The fourth-order valence-electron chi connectivity index (χ4n) is 2.98. The molecule has 134 valence electrons. The molecule has 2 rings (SSSR count). The van der Waals surface area contributed by atoms with Gasteiger partial charge in [0, 0.05) is 17.1 Å². The maximum absolute atomic E-state index is 13.1. The van der Waals surface area contributed by atoms with Gasteiger partial charge in [0.15, 0.2) is 0 Å². The van der Waals surface area contributed by atoms with Gasteiger partial charge in [-0.15, -0.1) is 0 Å². The molecular weight excluding hydrogens is 392 g/mol. The Hall–Kier alpha value is -0.920. The van der Waals surface area contributed by atoms with Crippen LogP contribution in [0.4, 0.5) is 0 Å². The van der Waals surface area contributed by atoms with Crippen LogP contribution in [0.5, 0.6) is 0 Å². The summed E-state index contributed by atoms with van der Waals surface area (Å²) in [5, 5.41) is 2.78. The van der Waals surface area contributed by atoms with Gasteiger partial charge in [0.2, 0.25) is 15.9 Å². The van der Waals surface area contributed by atoms with Crippen molar-refractivity contribution in [3.8, 4) is 0 Å². The number of nitrogens with zero attached hydrogens (tertiary/aromatic N) is 1. The van der Waals surface area contributed by atoms with Crippen LogP contribution in [0.3, 0.4) is 0 Å². The number of benzene rings is 1. The minimum absolute atomic E-state index is 0.0974. The molecule has 0 aromatic heterocycles. The normalized spacial score (nSPS) is 16.3. The Morgan fingerprint density at radius 2 is 1.83 bits per heavy atom. The first kappa shape index (κ1) is 19.4. The molecule has 5 nitrogen and oxygen atoms in total. The summed E-state index contributed by atoms with van der Waals surface area (Å²) in [4.78, 5) is 12.4. The fourth-order valence-corrected chi connectivity index (χ4v) is 4.89. The Morgan fingerprint density at radius 1 is 1.21 bits per heavy atom. The van der Waals surface area contributed by atoms with Crippen molar-refractivity contribution in [2.45, 2.75) is 56.4 Å². The van der Waals surface area contributed by atoms with Gasteiger partial charge in [-0.3, -0.25) is 4.79 Å². The lowest BCUT2D eigenvalue weighted by Crippen LogP contribution is -2.47. The average Bonchev–Trinajstić information content (AvgIpc) is 2.59. The molecule has 24 heavy (non-hydrogen) atoms. The van der Waals surface area contributed by atoms with Crippen molar-refractivity contribution in [3.05, 3.63) is 28.7 Å². The van der Waals surface area contributed by atoms with Gasteiger partial charge < -0.3 is 5.32 Å². The molecule has 1 fully saturated rings. The summed E-state index contributed by atoms with van der Waals surface area (Å²) in [5.41, 5.74) is 0. The maximum atomic E-state index is 13.1. The highest BCUT2D eigenvalue weighted by atomic mass is 79.9. The van der Waals surface area contributed by atoms with Crippen LogP contribution in [-0.2, 0) is 14.8 Å². The van der Waals surface area contributed by atoms with Crippen LogP contribution in [0.1, 0.15) is 45.4 Å². The number of amides is 1. The molecule has 0 radical (unpaired) electrons. The first-order chi connectivity index (χ1) is 11.4. The molecule has 0 atom stereocenters. The van der Waals surface area contributed by atoms with Crippen molar-refractivity contribution < 1.29 is 13.2 Å². The third kappa shape index (κ3) is 5.04. The van der Waals surface area contributed by atoms with E-state index in [1.54, 1.807) is 24.3 Å². The van der Waals surface area contributed by atoms with E-state index in [-0.39, 0.29) is 23.4 Å². The van der Waals surface area contributed by atoms with Gasteiger partial charge in [0.25, 0.3) is 0 Å². The predicted octanol–water partition coefficient (Wildman–Crippen LogP) is 3.30. The molecule has 1 amide bonds.